The molecule has 7 heteroatoms. The normalized spacial score (nSPS) is 15.8. The van der Waals surface area contributed by atoms with Gasteiger partial charge >= 0.3 is 0 Å². The number of hydrogen-bond acceptors (Lipinski definition) is 4. The van der Waals surface area contributed by atoms with E-state index in [2.05, 4.69) is 15.9 Å². The van der Waals surface area contributed by atoms with E-state index in [1.165, 1.54) is 4.90 Å². The van der Waals surface area contributed by atoms with Gasteiger partial charge in [0.15, 0.2) is 0 Å². The minimum Gasteiger partial charge on any atom is -0.488 e. The number of imide groups is 1. The summed E-state index contributed by atoms with van der Waals surface area (Å²) in [5.74, 6) is 0.445. The zero-order valence-electron chi connectivity index (χ0n) is 13.9. The summed E-state index contributed by atoms with van der Waals surface area (Å²) in [4.78, 5) is 25.6. The molecule has 134 valence electrons. The van der Waals surface area contributed by atoms with Crippen LogP contribution >= 0.6 is 39.3 Å². The molecule has 2 aromatic rings. The molecule has 0 bridgehead atoms. The summed E-state index contributed by atoms with van der Waals surface area (Å²) in [7, 11) is 0. The summed E-state index contributed by atoms with van der Waals surface area (Å²) in [6.45, 7) is 2.58. The Balaban J connectivity index is 1.71. The largest absolute Gasteiger partial charge is 0.488 e. The van der Waals surface area contributed by atoms with Crippen molar-refractivity contribution in [2.45, 2.75) is 13.5 Å². The Morgan fingerprint density at radius 3 is 2.54 bits per heavy atom. The predicted octanol–water partition coefficient (Wildman–Crippen LogP) is 5.74. The van der Waals surface area contributed by atoms with E-state index in [0.29, 0.717) is 28.8 Å². The number of nitrogens with zero attached hydrogens (tertiary/aromatic N) is 1. The van der Waals surface area contributed by atoms with Crippen LogP contribution in [0.4, 0.5) is 4.79 Å². The highest BCUT2D eigenvalue weighted by molar-refractivity contribution is 9.10. The van der Waals surface area contributed by atoms with Gasteiger partial charge in [-0.25, -0.2) is 0 Å². The molecule has 26 heavy (non-hydrogen) atoms. The summed E-state index contributed by atoms with van der Waals surface area (Å²) in [6.07, 6.45) is 1.72. The van der Waals surface area contributed by atoms with Crippen LogP contribution in [-0.4, -0.2) is 22.6 Å². The molecule has 1 fully saturated rings. The van der Waals surface area contributed by atoms with Crippen LogP contribution in [0.5, 0.6) is 5.75 Å². The zero-order chi connectivity index (χ0) is 18.7. The highest BCUT2D eigenvalue weighted by Gasteiger charge is 2.33. The fraction of sp³-hybridized carbons (Fsp3) is 0.158. The topological polar surface area (TPSA) is 46.6 Å². The highest BCUT2D eigenvalue weighted by atomic mass is 79.9. The second-order valence-electron chi connectivity index (χ2n) is 5.53. The first kappa shape index (κ1) is 19.0. The van der Waals surface area contributed by atoms with Gasteiger partial charge < -0.3 is 4.74 Å². The smallest absolute Gasteiger partial charge is 0.293 e. The van der Waals surface area contributed by atoms with E-state index < -0.39 is 0 Å². The molecule has 1 aliphatic rings. The number of halogens is 2. The second-order valence-corrected chi connectivity index (χ2v) is 7.81. The molecule has 4 nitrogen and oxygen atoms in total. The highest BCUT2D eigenvalue weighted by Crippen LogP contribution is 2.33. The molecule has 0 atom stereocenters. The number of ether oxygens (including phenoxy) is 1. The van der Waals surface area contributed by atoms with Crippen LogP contribution in [0.1, 0.15) is 18.1 Å². The summed E-state index contributed by atoms with van der Waals surface area (Å²) < 4.78 is 6.59. The number of carbonyl (C=O) groups is 2. The van der Waals surface area contributed by atoms with Crippen molar-refractivity contribution in [3.63, 3.8) is 0 Å². The molecule has 1 heterocycles. The van der Waals surface area contributed by atoms with Crippen molar-refractivity contribution in [2.75, 3.05) is 6.54 Å². The molecule has 0 radical (unpaired) electrons. The molecular weight excluding hydrogens is 438 g/mol. The number of benzene rings is 2. The summed E-state index contributed by atoms with van der Waals surface area (Å²) in [5.41, 5.74) is 1.83. The number of thioether (sulfide) groups is 1. The summed E-state index contributed by atoms with van der Waals surface area (Å²) in [5, 5.41) is 0.456. The van der Waals surface area contributed by atoms with Gasteiger partial charge in [0.2, 0.25) is 0 Å². The van der Waals surface area contributed by atoms with E-state index in [-0.39, 0.29) is 11.1 Å². The Hall–Kier alpha value is -1.76. The standard InChI is InChI=1S/C19H15BrClNO3S/c1-2-22-18(23)17(26-19(22)24)10-13-5-8-16(15(20)9-13)25-11-12-3-6-14(21)7-4-12/h3-10H,2,11H2,1H3/b17-10+. The third-order valence-corrected chi connectivity index (χ3v) is 5.53. The van der Waals surface area contributed by atoms with E-state index >= 15 is 0 Å². The number of likely N-dealkylation sites (N-methyl/N-ethyl adjacent to an activating group) is 1. The van der Waals surface area contributed by atoms with Crippen molar-refractivity contribution in [3.8, 4) is 5.75 Å². The Morgan fingerprint density at radius 2 is 1.92 bits per heavy atom. The van der Waals surface area contributed by atoms with Crippen LogP contribution in [0.2, 0.25) is 5.02 Å². The van der Waals surface area contributed by atoms with E-state index in [0.717, 1.165) is 27.4 Å². The third-order valence-electron chi connectivity index (χ3n) is 3.75. The average Bonchev–Trinajstić information content (AvgIpc) is 2.88. The van der Waals surface area contributed by atoms with E-state index in [4.69, 9.17) is 16.3 Å². The Bertz CT molecular complexity index is 883. The molecule has 3 rings (SSSR count). The first-order valence-corrected chi connectivity index (χ1v) is 9.89. The van der Waals surface area contributed by atoms with Crippen molar-refractivity contribution in [1.82, 2.24) is 4.90 Å². The first-order chi connectivity index (χ1) is 12.5. The maximum atomic E-state index is 12.2. The van der Waals surface area contributed by atoms with Gasteiger partial charge in [-0.1, -0.05) is 29.8 Å². The van der Waals surface area contributed by atoms with Gasteiger partial charge in [0.05, 0.1) is 9.38 Å². The van der Waals surface area contributed by atoms with Crippen LogP contribution in [0.25, 0.3) is 6.08 Å². The predicted molar refractivity (Wildman–Crippen MR) is 108 cm³/mol. The Labute approximate surface area is 169 Å². The first-order valence-electron chi connectivity index (χ1n) is 7.90. The van der Waals surface area contributed by atoms with Gasteiger partial charge in [-0.05, 0) is 76.1 Å². The molecule has 2 aromatic carbocycles. The average molecular weight is 453 g/mol. The van der Waals surface area contributed by atoms with Crippen LogP contribution in [-0.2, 0) is 11.4 Å². The van der Waals surface area contributed by atoms with Crippen LogP contribution in [0.3, 0.4) is 0 Å². The molecule has 0 unspecified atom stereocenters. The lowest BCUT2D eigenvalue weighted by atomic mass is 10.2. The lowest BCUT2D eigenvalue weighted by Crippen LogP contribution is -2.27. The van der Waals surface area contributed by atoms with Crippen molar-refractivity contribution in [1.29, 1.82) is 0 Å². The molecule has 2 amide bonds. The molecule has 1 aliphatic heterocycles. The van der Waals surface area contributed by atoms with Crippen molar-refractivity contribution in [2.24, 2.45) is 0 Å². The lowest BCUT2D eigenvalue weighted by Gasteiger charge is -2.09. The number of carbonyl (C=O) groups excluding carboxylic acids is 2. The zero-order valence-corrected chi connectivity index (χ0v) is 17.0. The molecule has 0 aliphatic carbocycles. The fourth-order valence-electron chi connectivity index (χ4n) is 2.39. The molecule has 0 spiro atoms. The third kappa shape index (κ3) is 4.31. The van der Waals surface area contributed by atoms with Gasteiger partial charge in [0, 0.05) is 11.6 Å². The summed E-state index contributed by atoms with van der Waals surface area (Å²) in [6, 6.07) is 13.0. The minimum atomic E-state index is -0.248. The van der Waals surface area contributed by atoms with Crippen LogP contribution in [0.15, 0.2) is 51.8 Å². The Kier molecular flexibility index (Phi) is 6.06. The van der Waals surface area contributed by atoms with E-state index in [1.54, 1.807) is 13.0 Å². The van der Waals surface area contributed by atoms with Gasteiger partial charge in [-0.15, -0.1) is 0 Å². The summed E-state index contributed by atoms with van der Waals surface area (Å²) >= 11 is 10.3. The fourth-order valence-corrected chi connectivity index (χ4v) is 3.93. The maximum absolute atomic E-state index is 12.2. The monoisotopic (exact) mass is 451 g/mol. The van der Waals surface area contributed by atoms with E-state index in [9.17, 15) is 9.59 Å². The molecule has 0 N–H and O–H groups in total. The maximum Gasteiger partial charge on any atom is 0.293 e. The molecule has 0 aromatic heterocycles. The van der Waals surface area contributed by atoms with Gasteiger partial charge in [0.25, 0.3) is 11.1 Å². The second kappa shape index (κ2) is 8.29. The Morgan fingerprint density at radius 1 is 1.19 bits per heavy atom. The van der Waals surface area contributed by atoms with Crippen molar-refractivity contribution < 1.29 is 14.3 Å². The van der Waals surface area contributed by atoms with Gasteiger partial charge in [0.1, 0.15) is 12.4 Å². The minimum absolute atomic E-state index is 0.231. The lowest BCUT2D eigenvalue weighted by molar-refractivity contribution is -0.122. The SMILES string of the molecule is CCN1C(=O)S/C(=C/c2ccc(OCc3ccc(Cl)cc3)c(Br)c2)C1=O. The van der Waals surface area contributed by atoms with Gasteiger partial charge in [-0.3, -0.25) is 14.5 Å². The van der Waals surface area contributed by atoms with E-state index in [1.807, 2.05) is 42.5 Å². The molecule has 1 saturated heterocycles. The van der Waals surface area contributed by atoms with Crippen molar-refractivity contribution in [3.05, 3.63) is 68.0 Å². The van der Waals surface area contributed by atoms with Crippen LogP contribution in [0, 0.1) is 0 Å². The quantitative estimate of drug-likeness (QED) is 0.543. The van der Waals surface area contributed by atoms with Crippen LogP contribution < -0.4 is 4.74 Å². The van der Waals surface area contributed by atoms with Gasteiger partial charge in [-0.2, -0.15) is 0 Å². The molecule has 0 saturated carbocycles. The number of amides is 2. The molecular formula is C19H15BrClNO3S. The number of hydrogen-bond donors (Lipinski definition) is 0. The van der Waals surface area contributed by atoms with Crippen molar-refractivity contribution >= 4 is 56.5 Å². The number of rotatable bonds is 5.